The zero-order chi connectivity index (χ0) is 29.4. The van der Waals surface area contributed by atoms with E-state index >= 15 is 0 Å². The highest BCUT2D eigenvalue weighted by atomic mass is 16.5. The maximum atomic E-state index is 12.5. The molecular weight excluding hydrogens is 496 g/mol. The maximum Gasteiger partial charge on any atom is 0.306 e. The Morgan fingerprint density at radius 2 is 1.05 bits per heavy atom. The molecule has 0 aromatic rings. The van der Waals surface area contributed by atoms with E-state index in [9.17, 15) is 9.59 Å². The summed E-state index contributed by atoms with van der Waals surface area (Å²) in [6, 6.07) is 0. The van der Waals surface area contributed by atoms with Crippen LogP contribution >= 0.6 is 0 Å². The quantitative estimate of drug-likeness (QED) is 0.0539. The van der Waals surface area contributed by atoms with Crippen molar-refractivity contribution in [2.75, 3.05) is 0 Å². The minimum Gasteiger partial charge on any atom is -0.481 e. The van der Waals surface area contributed by atoms with Crippen LogP contribution in [0.1, 0.15) is 174 Å². The number of carboxylic acids is 1. The van der Waals surface area contributed by atoms with E-state index in [0.29, 0.717) is 6.42 Å². The van der Waals surface area contributed by atoms with Crippen LogP contribution in [0, 0.1) is 0 Å². The first-order valence-corrected chi connectivity index (χ1v) is 17.0. The number of rotatable bonds is 30. The molecule has 0 spiro atoms. The molecular formula is C36H64O4. The van der Waals surface area contributed by atoms with Crippen molar-refractivity contribution >= 4 is 11.9 Å². The van der Waals surface area contributed by atoms with Gasteiger partial charge in [0.2, 0.25) is 0 Å². The number of aliphatic carboxylic acids is 1. The summed E-state index contributed by atoms with van der Waals surface area (Å²) < 4.78 is 5.85. The van der Waals surface area contributed by atoms with Crippen molar-refractivity contribution in [2.45, 2.75) is 180 Å². The average molecular weight is 561 g/mol. The van der Waals surface area contributed by atoms with Gasteiger partial charge in [-0.1, -0.05) is 141 Å². The first-order valence-electron chi connectivity index (χ1n) is 17.0. The van der Waals surface area contributed by atoms with Crippen molar-refractivity contribution in [1.82, 2.24) is 0 Å². The number of esters is 1. The number of unbranched alkanes of at least 4 members (excludes halogenated alkanes) is 17. The smallest absolute Gasteiger partial charge is 0.306 e. The highest BCUT2D eigenvalue weighted by molar-refractivity contribution is 5.69. The highest BCUT2D eigenvalue weighted by Crippen LogP contribution is 2.15. The van der Waals surface area contributed by atoms with Crippen molar-refractivity contribution in [3.8, 4) is 0 Å². The first kappa shape index (κ1) is 38.2. The number of hydrogen-bond acceptors (Lipinski definition) is 3. The van der Waals surface area contributed by atoms with Crippen molar-refractivity contribution in [2.24, 2.45) is 0 Å². The molecule has 232 valence electrons. The van der Waals surface area contributed by atoms with Gasteiger partial charge in [-0.25, -0.2) is 0 Å². The number of hydrogen-bond donors (Lipinski definition) is 1. The molecule has 0 aliphatic heterocycles. The minimum atomic E-state index is -0.716. The number of ether oxygens (including phenoxy) is 1. The Bertz CT molecular complexity index is 649. The van der Waals surface area contributed by atoms with Crippen LogP contribution in [-0.2, 0) is 14.3 Å². The topological polar surface area (TPSA) is 63.6 Å². The van der Waals surface area contributed by atoms with Crippen molar-refractivity contribution in [1.29, 1.82) is 0 Å². The Hall–Kier alpha value is -1.84. The summed E-state index contributed by atoms with van der Waals surface area (Å²) in [6.07, 6.45) is 40.2. The van der Waals surface area contributed by atoms with Gasteiger partial charge in [0, 0.05) is 12.8 Å². The van der Waals surface area contributed by atoms with Crippen molar-refractivity contribution in [3.05, 3.63) is 36.5 Å². The predicted octanol–water partition coefficient (Wildman–Crippen LogP) is 11.4. The second-order valence-corrected chi connectivity index (χ2v) is 11.4. The van der Waals surface area contributed by atoms with E-state index in [-0.39, 0.29) is 18.5 Å². The van der Waals surface area contributed by atoms with E-state index in [1.807, 2.05) is 0 Å². The average Bonchev–Trinajstić information content (AvgIpc) is 2.93. The van der Waals surface area contributed by atoms with Crippen LogP contribution in [0.3, 0.4) is 0 Å². The SMILES string of the molecule is CCCCC/C=C\C/C=C\C/C=C\C(CCCCCCCC(=O)O)OC(=O)CCCCCCCCCCCCC. The summed E-state index contributed by atoms with van der Waals surface area (Å²) >= 11 is 0. The van der Waals surface area contributed by atoms with Gasteiger partial charge in [0.25, 0.3) is 0 Å². The summed E-state index contributed by atoms with van der Waals surface area (Å²) in [5.41, 5.74) is 0. The summed E-state index contributed by atoms with van der Waals surface area (Å²) in [6.45, 7) is 4.49. The highest BCUT2D eigenvalue weighted by Gasteiger charge is 2.11. The normalized spacial score (nSPS) is 12.7. The summed E-state index contributed by atoms with van der Waals surface area (Å²) in [4.78, 5) is 23.2. The van der Waals surface area contributed by atoms with E-state index in [0.717, 1.165) is 64.2 Å². The lowest BCUT2D eigenvalue weighted by Gasteiger charge is -2.14. The lowest BCUT2D eigenvalue weighted by atomic mass is 10.1. The zero-order valence-corrected chi connectivity index (χ0v) is 26.4. The molecule has 0 heterocycles. The lowest BCUT2D eigenvalue weighted by Crippen LogP contribution is -2.16. The Morgan fingerprint density at radius 3 is 1.65 bits per heavy atom. The lowest BCUT2D eigenvalue weighted by molar-refractivity contribution is -0.147. The Kier molecular flexibility index (Phi) is 30.2. The molecule has 0 rings (SSSR count). The fraction of sp³-hybridized carbons (Fsp3) is 0.778. The molecule has 0 aliphatic rings. The number of allylic oxidation sites excluding steroid dienone is 5. The Balaban J connectivity index is 4.24. The van der Waals surface area contributed by atoms with Crippen LogP contribution in [0.4, 0.5) is 0 Å². The molecule has 4 nitrogen and oxygen atoms in total. The zero-order valence-electron chi connectivity index (χ0n) is 26.4. The largest absolute Gasteiger partial charge is 0.481 e. The van der Waals surface area contributed by atoms with E-state index in [1.165, 1.54) is 83.5 Å². The Morgan fingerprint density at radius 1 is 0.575 bits per heavy atom. The van der Waals surface area contributed by atoms with Gasteiger partial charge in [-0.3, -0.25) is 9.59 Å². The third-order valence-electron chi connectivity index (χ3n) is 7.35. The van der Waals surface area contributed by atoms with Gasteiger partial charge in [-0.15, -0.1) is 0 Å². The van der Waals surface area contributed by atoms with E-state index in [2.05, 4.69) is 50.3 Å². The molecule has 40 heavy (non-hydrogen) atoms. The molecule has 0 saturated heterocycles. The number of carbonyl (C=O) groups is 2. The van der Waals surface area contributed by atoms with Gasteiger partial charge in [-0.05, 0) is 57.4 Å². The van der Waals surface area contributed by atoms with Gasteiger partial charge in [0.15, 0.2) is 0 Å². The second-order valence-electron chi connectivity index (χ2n) is 11.4. The van der Waals surface area contributed by atoms with Gasteiger partial charge in [0.05, 0.1) is 0 Å². The van der Waals surface area contributed by atoms with Crippen LogP contribution in [0.15, 0.2) is 36.5 Å². The van der Waals surface area contributed by atoms with Crippen LogP contribution < -0.4 is 0 Å². The van der Waals surface area contributed by atoms with Crippen molar-refractivity contribution in [3.63, 3.8) is 0 Å². The maximum absolute atomic E-state index is 12.5. The fourth-order valence-corrected chi connectivity index (χ4v) is 4.81. The van der Waals surface area contributed by atoms with Gasteiger partial charge >= 0.3 is 11.9 Å². The second kappa shape index (κ2) is 31.7. The summed E-state index contributed by atoms with van der Waals surface area (Å²) in [5.74, 6) is -0.789. The third kappa shape index (κ3) is 30.7. The predicted molar refractivity (Wildman–Crippen MR) is 172 cm³/mol. The van der Waals surface area contributed by atoms with Gasteiger partial charge in [-0.2, -0.15) is 0 Å². The van der Waals surface area contributed by atoms with E-state index in [1.54, 1.807) is 0 Å². The molecule has 0 bridgehead atoms. The molecule has 1 atom stereocenters. The fourth-order valence-electron chi connectivity index (χ4n) is 4.81. The number of carbonyl (C=O) groups excluding carboxylic acids is 1. The molecule has 0 aromatic carbocycles. The molecule has 1 unspecified atom stereocenters. The molecule has 4 heteroatoms. The van der Waals surface area contributed by atoms with Crippen LogP contribution in [0.5, 0.6) is 0 Å². The van der Waals surface area contributed by atoms with E-state index < -0.39 is 5.97 Å². The molecule has 0 aromatic heterocycles. The first-order chi connectivity index (χ1) is 19.6. The molecule has 1 N–H and O–H groups in total. The molecule has 0 fully saturated rings. The summed E-state index contributed by atoms with van der Waals surface area (Å²) in [5, 5.41) is 8.77. The monoisotopic (exact) mass is 560 g/mol. The standard InChI is InChI=1S/C36H64O4/c1-3-5-7-9-11-13-15-17-19-22-26-30-34(31-27-23-21-24-28-32-35(37)38)40-36(39)33-29-25-20-18-16-14-12-10-8-6-4-2/h11,13,17,19,26,30,34H,3-10,12,14-16,18,20-25,27-29,31-33H2,1-2H3,(H,37,38)/b13-11-,19-17-,30-26-. The molecule has 0 saturated carbocycles. The molecule has 0 aliphatic carbocycles. The number of carboxylic acid groups (broad SMARTS) is 1. The Labute approximate surface area is 248 Å². The van der Waals surface area contributed by atoms with E-state index in [4.69, 9.17) is 9.84 Å². The van der Waals surface area contributed by atoms with Gasteiger partial charge < -0.3 is 9.84 Å². The molecule has 0 radical (unpaired) electrons. The van der Waals surface area contributed by atoms with Crippen LogP contribution in [0.25, 0.3) is 0 Å². The summed E-state index contributed by atoms with van der Waals surface area (Å²) in [7, 11) is 0. The van der Waals surface area contributed by atoms with Crippen LogP contribution in [-0.4, -0.2) is 23.1 Å². The van der Waals surface area contributed by atoms with Gasteiger partial charge in [0.1, 0.15) is 6.10 Å². The van der Waals surface area contributed by atoms with Crippen molar-refractivity contribution < 1.29 is 19.4 Å². The third-order valence-corrected chi connectivity index (χ3v) is 7.35. The minimum absolute atomic E-state index is 0.0733. The molecule has 0 amide bonds. The van der Waals surface area contributed by atoms with Crippen LogP contribution in [0.2, 0.25) is 0 Å².